The molecule has 0 aromatic carbocycles. The van der Waals surface area contributed by atoms with Gasteiger partial charge in [0, 0.05) is 13.1 Å². The summed E-state index contributed by atoms with van der Waals surface area (Å²) >= 11 is 0. The molecule has 0 radical (unpaired) electrons. The molecule has 2 atom stereocenters. The minimum atomic E-state index is -0.364. The molecule has 9 heteroatoms. The van der Waals surface area contributed by atoms with Gasteiger partial charge in [0.2, 0.25) is 0 Å². The van der Waals surface area contributed by atoms with Crippen LogP contribution in [0.15, 0.2) is 69.9 Å². The lowest BCUT2D eigenvalue weighted by Gasteiger charge is -2.22. The van der Waals surface area contributed by atoms with Gasteiger partial charge in [0.1, 0.15) is 26.4 Å². The van der Waals surface area contributed by atoms with E-state index in [-0.39, 0.29) is 75.0 Å². The fourth-order valence-electron chi connectivity index (χ4n) is 7.24. The standard InChI is InChI=1S/C50H79NO8/c1-8-9-32-51(33-30-47(52)56-35-37-58-49(54)45-26-22-43(23-27-45)20-12-18-41(6)16-10-14-39(2)3)34-31-48(53)57-36-38-59-50(55)46-28-24-44(25-29-46)21-13-19-42(7)17-11-15-40(4)5/h14-15,18-19,22,24,45-46H,8-13,16-17,20-21,23,25-38H2,1-7H3/b41-18+,42-19+. The molecule has 0 saturated carbocycles. The second kappa shape index (κ2) is 31.2. The van der Waals surface area contributed by atoms with Crippen LogP contribution in [0, 0.1) is 11.8 Å². The van der Waals surface area contributed by atoms with Crippen LogP contribution in [0.3, 0.4) is 0 Å². The molecule has 0 amide bonds. The van der Waals surface area contributed by atoms with Crippen LogP contribution in [0.2, 0.25) is 0 Å². The van der Waals surface area contributed by atoms with Crippen molar-refractivity contribution in [3.8, 4) is 0 Å². The van der Waals surface area contributed by atoms with Gasteiger partial charge in [0.05, 0.1) is 24.7 Å². The second-order valence-electron chi connectivity index (χ2n) is 17.0. The molecule has 0 bridgehead atoms. The first-order valence-electron chi connectivity index (χ1n) is 22.7. The summed E-state index contributed by atoms with van der Waals surface area (Å²) in [6.07, 6.45) is 29.2. The average Bonchev–Trinajstić information content (AvgIpc) is 3.20. The lowest BCUT2D eigenvalue weighted by Crippen LogP contribution is -2.31. The number of unbranched alkanes of at least 4 members (excludes halogenated alkanes) is 1. The molecule has 2 aliphatic carbocycles. The van der Waals surface area contributed by atoms with Crippen molar-refractivity contribution >= 4 is 23.9 Å². The summed E-state index contributed by atoms with van der Waals surface area (Å²) in [6.45, 7) is 16.8. The molecule has 0 aromatic rings. The summed E-state index contributed by atoms with van der Waals surface area (Å²) in [5, 5.41) is 0. The van der Waals surface area contributed by atoms with Crippen LogP contribution >= 0.6 is 0 Å². The summed E-state index contributed by atoms with van der Waals surface area (Å²) in [6, 6.07) is 0. The zero-order valence-electron chi connectivity index (χ0n) is 38.0. The quantitative estimate of drug-likeness (QED) is 0.0315. The van der Waals surface area contributed by atoms with Crippen molar-refractivity contribution in [3.63, 3.8) is 0 Å². The van der Waals surface area contributed by atoms with E-state index in [1.807, 2.05) is 0 Å². The van der Waals surface area contributed by atoms with Crippen molar-refractivity contribution in [1.82, 2.24) is 4.90 Å². The maximum atomic E-state index is 12.6. The molecule has 0 heterocycles. The van der Waals surface area contributed by atoms with E-state index in [9.17, 15) is 19.2 Å². The van der Waals surface area contributed by atoms with Crippen molar-refractivity contribution in [2.75, 3.05) is 46.1 Å². The van der Waals surface area contributed by atoms with Crippen LogP contribution in [0.4, 0.5) is 0 Å². The number of rotatable bonds is 29. The van der Waals surface area contributed by atoms with Crippen molar-refractivity contribution in [1.29, 1.82) is 0 Å². The Morgan fingerprint density at radius 2 is 1.00 bits per heavy atom. The zero-order chi connectivity index (χ0) is 43.3. The second-order valence-corrected chi connectivity index (χ2v) is 17.0. The van der Waals surface area contributed by atoms with Gasteiger partial charge in [-0.15, -0.1) is 0 Å². The Balaban J connectivity index is 1.56. The third kappa shape index (κ3) is 25.5. The van der Waals surface area contributed by atoms with E-state index in [4.69, 9.17) is 18.9 Å². The van der Waals surface area contributed by atoms with Crippen LogP contribution in [0.1, 0.15) is 164 Å². The number of hydrogen-bond acceptors (Lipinski definition) is 9. The molecule has 2 rings (SSSR count). The highest BCUT2D eigenvalue weighted by molar-refractivity contribution is 5.73. The molecular weight excluding hydrogens is 743 g/mol. The molecule has 0 saturated heterocycles. The van der Waals surface area contributed by atoms with E-state index in [2.05, 4.69) is 89.8 Å². The van der Waals surface area contributed by atoms with Gasteiger partial charge < -0.3 is 23.8 Å². The lowest BCUT2D eigenvalue weighted by atomic mass is 9.87. The van der Waals surface area contributed by atoms with Gasteiger partial charge in [-0.1, -0.05) is 83.2 Å². The SMILES string of the molecule is CCCCN(CCC(=O)OCCOC(=O)C1CC=C(CC/C=C(\C)CCC=C(C)C)CC1)CCC(=O)OCCOC(=O)C1CC=C(CC/C=C(\C)CCC=C(C)C)CC1. The molecular formula is C50H79NO8. The molecule has 2 unspecified atom stereocenters. The number of hydrogen-bond donors (Lipinski definition) is 0. The Bertz CT molecular complexity index is 1370. The highest BCUT2D eigenvalue weighted by atomic mass is 16.6. The van der Waals surface area contributed by atoms with Gasteiger partial charge in [-0.2, -0.15) is 0 Å². The predicted molar refractivity (Wildman–Crippen MR) is 239 cm³/mol. The summed E-state index contributed by atoms with van der Waals surface area (Å²) in [5.74, 6) is -1.48. The third-order valence-corrected chi connectivity index (χ3v) is 11.0. The number of carbonyl (C=O) groups is 4. The Morgan fingerprint density at radius 1 is 0.576 bits per heavy atom. The first kappa shape index (κ1) is 51.4. The van der Waals surface area contributed by atoms with Crippen molar-refractivity contribution in [2.45, 2.75) is 164 Å². The Labute approximate surface area is 357 Å². The molecule has 59 heavy (non-hydrogen) atoms. The largest absolute Gasteiger partial charge is 0.462 e. The summed E-state index contributed by atoms with van der Waals surface area (Å²) in [7, 11) is 0. The average molecular weight is 822 g/mol. The Kier molecular flexibility index (Phi) is 27.2. The third-order valence-electron chi connectivity index (χ3n) is 11.0. The van der Waals surface area contributed by atoms with E-state index >= 15 is 0 Å². The summed E-state index contributed by atoms with van der Waals surface area (Å²) in [4.78, 5) is 52.3. The van der Waals surface area contributed by atoms with Crippen molar-refractivity contribution < 1.29 is 38.1 Å². The molecule has 0 N–H and O–H groups in total. The highest BCUT2D eigenvalue weighted by Crippen LogP contribution is 2.29. The van der Waals surface area contributed by atoms with Crippen molar-refractivity contribution in [2.24, 2.45) is 11.8 Å². The fourth-order valence-corrected chi connectivity index (χ4v) is 7.24. The molecule has 332 valence electrons. The predicted octanol–water partition coefficient (Wildman–Crippen LogP) is 11.4. The van der Waals surface area contributed by atoms with Crippen LogP contribution in [0.25, 0.3) is 0 Å². The van der Waals surface area contributed by atoms with E-state index < -0.39 is 0 Å². The molecule has 2 aliphatic rings. The summed E-state index contributed by atoms with van der Waals surface area (Å²) in [5.41, 5.74) is 8.41. The number of nitrogens with zero attached hydrogens (tertiary/aromatic N) is 1. The van der Waals surface area contributed by atoms with E-state index in [0.29, 0.717) is 25.9 Å². The number of ether oxygens (including phenoxy) is 4. The van der Waals surface area contributed by atoms with Gasteiger partial charge in [0.25, 0.3) is 0 Å². The summed E-state index contributed by atoms with van der Waals surface area (Å²) < 4.78 is 21.6. The minimum absolute atomic E-state index is 0.0249. The van der Waals surface area contributed by atoms with Gasteiger partial charge in [0.15, 0.2) is 0 Å². The monoisotopic (exact) mass is 822 g/mol. The smallest absolute Gasteiger partial charge is 0.309 e. The van der Waals surface area contributed by atoms with Gasteiger partial charge in [-0.3, -0.25) is 19.2 Å². The maximum absolute atomic E-state index is 12.6. The Hall–Kier alpha value is -3.72. The molecule has 0 aliphatic heterocycles. The number of allylic oxidation sites excluding steroid dienone is 12. The van der Waals surface area contributed by atoms with Crippen LogP contribution in [0.5, 0.6) is 0 Å². The van der Waals surface area contributed by atoms with Crippen LogP contribution in [-0.2, 0) is 38.1 Å². The molecule has 0 spiro atoms. The van der Waals surface area contributed by atoms with E-state index in [0.717, 1.165) is 96.4 Å². The molecule has 0 aromatic heterocycles. The maximum Gasteiger partial charge on any atom is 0.309 e. The minimum Gasteiger partial charge on any atom is -0.462 e. The normalized spacial score (nSPS) is 17.1. The fraction of sp³-hybridized carbons (Fsp3) is 0.680. The first-order valence-corrected chi connectivity index (χ1v) is 22.7. The number of carbonyl (C=O) groups excluding carboxylic acids is 4. The van der Waals surface area contributed by atoms with E-state index in [1.165, 1.54) is 33.4 Å². The topological polar surface area (TPSA) is 108 Å². The molecule has 0 fully saturated rings. The van der Waals surface area contributed by atoms with E-state index in [1.54, 1.807) is 0 Å². The highest BCUT2D eigenvalue weighted by Gasteiger charge is 2.24. The first-order chi connectivity index (χ1) is 28.4. The Morgan fingerprint density at radius 3 is 1.37 bits per heavy atom. The van der Waals surface area contributed by atoms with Gasteiger partial charge in [-0.25, -0.2) is 0 Å². The molecule has 9 nitrogen and oxygen atoms in total. The van der Waals surface area contributed by atoms with Gasteiger partial charge in [-0.05, 0) is 144 Å². The van der Waals surface area contributed by atoms with Crippen molar-refractivity contribution in [3.05, 3.63) is 69.9 Å². The van der Waals surface area contributed by atoms with Crippen LogP contribution < -0.4 is 0 Å². The lowest BCUT2D eigenvalue weighted by molar-refractivity contribution is -0.155. The number of esters is 4. The van der Waals surface area contributed by atoms with Gasteiger partial charge >= 0.3 is 23.9 Å². The van der Waals surface area contributed by atoms with Crippen LogP contribution in [-0.4, -0.2) is 74.8 Å². The zero-order valence-corrected chi connectivity index (χ0v) is 38.0.